The number of hydrogen-bond donors (Lipinski definition) is 1. The van der Waals surface area contributed by atoms with E-state index in [4.69, 9.17) is 44.3 Å². The van der Waals surface area contributed by atoms with Gasteiger partial charge in [-0.3, -0.25) is 4.79 Å². The van der Waals surface area contributed by atoms with Gasteiger partial charge in [0.05, 0.1) is 15.1 Å². The lowest BCUT2D eigenvalue weighted by Crippen LogP contribution is -2.43. The van der Waals surface area contributed by atoms with E-state index in [0.717, 1.165) is 19.3 Å². The van der Waals surface area contributed by atoms with E-state index >= 15 is 0 Å². The number of benzene rings is 1. The van der Waals surface area contributed by atoms with Crippen molar-refractivity contribution in [1.82, 2.24) is 5.32 Å². The third-order valence-electron chi connectivity index (χ3n) is 4.14. The van der Waals surface area contributed by atoms with Crippen LogP contribution in [0.1, 0.15) is 32.6 Å². The minimum absolute atomic E-state index is 0.145. The van der Waals surface area contributed by atoms with Gasteiger partial charge in [0.25, 0.3) is 5.91 Å². The molecule has 0 bridgehead atoms. The Hall–Kier alpha value is -1.17. The Morgan fingerprint density at radius 3 is 2.48 bits per heavy atom. The van der Waals surface area contributed by atoms with Gasteiger partial charge in [-0.2, -0.15) is 0 Å². The third kappa shape index (κ3) is 6.24. The molecule has 1 aromatic carbocycles. The average Bonchev–Trinajstić information content (AvgIpc) is 2.57. The smallest absolute Gasteiger partial charge is 0.344 e. The van der Waals surface area contributed by atoms with Crippen LogP contribution >= 0.6 is 34.8 Å². The Bertz CT molecular complexity index is 639. The summed E-state index contributed by atoms with van der Waals surface area (Å²) in [4.78, 5) is 23.6. The molecule has 0 aromatic heterocycles. The first-order valence-electron chi connectivity index (χ1n) is 8.09. The van der Waals surface area contributed by atoms with E-state index in [1.165, 1.54) is 18.6 Å². The van der Waals surface area contributed by atoms with Crippen LogP contribution in [0.15, 0.2) is 12.1 Å². The van der Waals surface area contributed by atoms with Crippen LogP contribution in [-0.4, -0.2) is 31.1 Å². The zero-order chi connectivity index (χ0) is 18.4. The molecule has 0 saturated heterocycles. The number of rotatable bonds is 6. The first-order chi connectivity index (χ1) is 11.9. The highest BCUT2D eigenvalue weighted by Crippen LogP contribution is 2.33. The Balaban J connectivity index is 1.73. The van der Waals surface area contributed by atoms with Gasteiger partial charge in [0.1, 0.15) is 5.75 Å². The number of halogens is 3. The fourth-order valence-corrected chi connectivity index (χ4v) is 3.31. The van der Waals surface area contributed by atoms with Crippen LogP contribution in [-0.2, 0) is 14.3 Å². The number of carbonyl (C=O) groups excluding carboxylic acids is 2. The number of ether oxygens (including phenoxy) is 2. The molecule has 2 atom stereocenters. The Morgan fingerprint density at radius 2 is 1.76 bits per heavy atom. The molecule has 0 radical (unpaired) electrons. The Labute approximate surface area is 161 Å². The summed E-state index contributed by atoms with van der Waals surface area (Å²) in [7, 11) is 0. The highest BCUT2D eigenvalue weighted by atomic mass is 35.5. The minimum atomic E-state index is -0.672. The lowest BCUT2D eigenvalue weighted by molar-refractivity contribution is -0.150. The van der Waals surface area contributed by atoms with E-state index in [1.54, 1.807) is 0 Å². The zero-order valence-electron chi connectivity index (χ0n) is 13.8. The average molecular weight is 409 g/mol. The molecule has 8 heteroatoms. The van der Waals surface area contributed by atoms with E-state index < -0.39 is 5.97 Å². The van der Waals surface area contributed by atoms with E-state index in [1.807, 2.05) is 0 Å². The molecule has 2 rings (SSSR count). The monoisotopic (exact) mass is 407 g/mol. The largest absolute Gasteiger partial charge is 0.480 e. The maximum Gasteiger partial charge on any atom is 0.344 e. The molecule has 1 amide bonds. The van der Waals surface area contributed by atoms with Crippen molar-refractivity contribution in [1.29, 1.82) is 0 Å². The molecule has 138 valence electrons. The Morgan fingerprint density at radius 1 is 1.08 bits per heavy atom. The summed E-state index contributed by atoms with van der Waals surface area (Å²) in [5.74, 6) is -0.323. The molecule has 0 spiro atoms. The summed E-state index contributed by atoms with van der Waals surface area (Å²) < 4.78 is 10.2. The lowest BCUT2D eigenvalue weighted by Gasteiger charge is -2.29. The molecule has 0 aliphatic heterocycles. The summed E-state index contributed by atoms with van der Waals surface area (Å²) in [6, 6.07) is 2.98. The predicted octanol–water partition coefficient (Wildman–Crippen LogP) is 4.26. The van der Waals surface area contributed by atoms with Crippen molar-refractivity contribution >= 4 is 46.7 Å². The summed E-state index contributed by atoms with van der Waals surface area (Å²) in [5, 5.41) is 3.69. The molecular weight excluding hydrogens is 389 g/mol. The minimum Gasteiger partial charge on any atom is -0.480 e. The van der Waals surface area contributed by atoms with Crippen LogP contribution in [0.25, 0.3) is 0 Å². The first-order valence-corrected chi connectivity index (χ1v) is 9.22. The molecule has 25 heavy (non-hydrogen) atoms. The summed E-state index contributed by atoms with van der Waals surface area (Å²) in [6.07, 6.45) is 4.35. The highest BCUT2D eigenvalue weighted by molar-refractivity contribution is 6.43. The third-order valence-corrected chi connectivity index (χ3v) is 5.16. The topological polar surface area (TPSA) is 64.6 Å². The molecule has 5 nitrogen and oxygen atoms in total. The van der Waals surface area contributed by atoms with Gasteiger partial charge in [-0.25, -0.2) is 4.79 Å². The number of amides is 1. The molecule has 1 aliphatic rings. The number of esters is 1. The van der Waals surface area contributed by atoms with Gasteiger partial charge in [-0.05, 0) is 24.8 Å². The van der Waals surface area contributed by atoms with Crippen molar-refractivity contribution in [3.63, 3.8) is 0 Å². The van der Waals surface area contributed by atoms with Gasteiger partial charge in [-0.1, -0.05) is 54.6 Å². The summed E-state index contributed by atoms with van der Waals surface area (Å²) >= 11 is 17.6. The van der Waals surface area contributed by atoms with Crippen LogP contribution in [0.5, 0.6) is 5.75 Å². The van der Waals surface area contributed by atoms with Crippen LogP contribution < -0.4 is 10.1 Å². The van der Waals surface area contributed by atoms with Gasteiger partial charge < -0.3 is 14.8 Å². The second kappa shape index (κ2) is 9.51. The Kier molecular flexibility index (Phi) is 7.66. The van der Waals surface area contributed by atoms with E-state index in [9.17, 15) is 9.59 Å². The quantitative estimate of drug-likeness (QED) is 0.564. The van der Waals surface area contributed by atoms with E-state index in [2.05, 4.69) is 12.2 Å². The molecule has 1 fully saturated rings. The normalized spacial score (nSPS) is 20.0. The van der Waals surface area contributed by atoms with Crippen LogP contribution in [0, 0.1) is 5.92 Å². The van der Waals surface area contributed by atoms with Crippen LogP contribution in [0.3, 0.4) is 0 Å². The molecule has 1 N–H and O–H groups in total. The second-order valence-corrected chi connectivity index (χ2v) is 7.30. The number of hydrogen-bond acceptors (Lipinski definition) is 4. The van der Waals surface area contributed by atoms with Crippen molar-refractivity contribution in [2.45, 2.75) is 38.6 Å². The van der Waals surface area contributed by atoms with Gasteiger partial charge in [0, 0.05) is 12.1 Å². The highest BCUT2D eigenvalue weighted by Gasteiger charge is 2.23. The van der Waals surface area contributed by atoms with Crippen molar-refractivity contribution < 1.29 is 19.1 Å². The molecular formula is C17H20Cl3NO4. The van der Waals surface area contributed by atoms with Crippen molar-refractivity contribution in [2.24, 2.45) is 5.92 Å². The van der Waals surface area contributed by atoms with Crippen molar-refractivity contribution in [3.05, 3.63) is 27.2 Å². The molecule has 0 heterocycles. The SMILES string of the molecule is C[C@@H]1CCCC[C@@H]1NC(=O)COC(=O)COc1cc(Cl)c(Cl)cc1Cl. The number of carbonyl (C=O) groups is 2. The van der Waals surface area contributed by atoms with Crippen LogP contribution in [0.4, 0.5) is 0 Å². The van der Waals surface area contributed by atoms with E-state index in [0.29, 0.717) is 5.92 Å². The fourth-order valence-electron chi connectivity index (χ4n) is 2.72. The van der Waals surface area contributed by atoms with Gasteiger partial charge >= 0.3 is 5.97 Å². The maximum absolute atomic E-state index is 11.9. The predicted molar refractivity (Wildman–Crippen MR) is 97.5 cm³/mol. The fraction of sp³-hybridized carbons (Fsp3) is 0.529. The van der Waals surface area contributed by atoms with Crippen LogP contribution in [0.2, 0.25) is 15.1 Å². The molecule has 1 aliphatic carbocycles. The maximum atomic E-state index is 11.9. The summed E-state index contributed by atoms with van der Waals surface area (Å²) in [5.41, 5.74) is 0. The van der Waals surface area contributed by atoms with Gasteiger partial charge in [0.2, 0.25) is 0 Å². The first kappa shape index (κ1) is 20.1. The number of nitrogens with one attached hydrogen (secondary N) is 1. The van der Waals surface area contributed by atoms with Crippen molar-refractivity contribution in [2.75, 3.05) is 13.2 Å². The molecule has 1 saturated carbocycles. The summed E-state index contributed by atoms with van der Waals surface area (Å²) in [6.45, 7) is 1.40. The molecule has 0 unspecified atom stereocenters. The van der Waals surface area contributed by atoms with Crippen molar-refractivity contribution in [3.8, 4) is 5.75 Å². The van der Waals surface area contributed by atoms with Gasteiger partial charge in [0.15, 0.2) is 13.2 Å². The van der Waals surface area contributed by atoms with Gasteiger partial charge in [-0.15, -0.1) is 0 Å². The molecule has 1 aromatic rings. The standard InChI is InChI=1S/C17H20Cl3NO4/c1-10-4-2-3-5-14(10)21-16(22)8-25-17(23)9-24-15-7-12(19)11(18)6-13(15)20/h6-7,10,14H,2-5,8-9H2,1H3,(H,21,22)/t10-,14+/m1/s1. The second-order valence-electron chi connectivity index (χ2n) is 6.08. The zero-order valence-corrected chi connectivity index (χ0v) is 16.1. The van der Waals surface area contributed by atoms with E-state index in [-0.39, 0.29) is 46.0 Å². The lowest BCUT2D eigenvalue weighted by atomic mass is 9.86.